The Bertz CT molecular complexity index is 703. The van der Waals surface area contributed by atoms with Gasteiger partial charge in [-0.3, -0.25) is 0 Å². The van der Waals surface area contributed by atoms with E-state index >= 15 is 0 Å². The molecule has 0 radical (unpaired) electrons. The first-order valence-electron chi connectivity index (χ1n) is 5.99. The molecule has 0 atom stereocenters. The first-order valence-corrected chi connectivity index (χ1v) is 5.99. The lowest BCUT2D eigenvalue weighted by atomic mass is 10.1. The van der Waals surface area contributed by atoms with Crippen LogP contribution in [0.4, 0.5) is 17.6 Å². The van der Waals surface area contributed by atoms with Crippen molar-refractivity contribution in [3.63, 3.8) is 0 Å². The van der Waals surface area contributed by atoms with Crippen molar-refractivity contribution in [2.24, 2.45) is 5.10 Å². The van der Waals surface area contributed by atoms with Crippen molar-refractivity contribution >= 4 is 12.2 Å². The molecular formula is C14H10F4N2O2. The summed E-state index contributed by atoms with van der Waals surface area (Å²) in [6.07, 6.45) is -2.27. The lowest BCUT2D eigenvalue weighted by Crippen LogP contribution is -2.07. The lowest BCUT2D eigenvalue weighted by Gasteiger charge is -2.06. The van der Waals surface area contributed by atoms with Gasteiger partial charge in [0.2, 0.25) is 0 Å². The molecule has 4 nitrogen and oxygen atoms in total. The molecular weight excluding hydrogens is 304 g/mol. The second-order valence-corrected chi connectivity index (χ2v) is 4.24. The summed E-state index contributed by atoms with van der Waals surface area (Å²) in [6.45, 7) is 0. The Hall–Kier alpha value is -2.64. The van der Waals surface area contributed by atoms with Gasteiger partial charge in [0.15, 0.2) is 5.69 Å². The highest BCUT2D eigenvalue weighted by Crippen LogP contribution is 2.28. The van der Waals surface area contributed by atoms with Gasteiger partial charge in [0, 0.05) is 6.07 Å². The molecule has 0 amide bonds. The standard InChI is InChI=1S/C14H10F4N2O2/c1-22-13(21)12-6-11(15)8-20(12)19-7-9-2-4-10(5-3-9)14(16,17)18/h2-8H,1H3. The molecule has 0 N–H and O–H groups in total. The maximum absolute atomic E-state index is 13.2. The fourth-order valence-electron chi connectivity index (χ4n) is 1.66. The number of nitrogens with zero attached hydrogens (tertiary/aromatic N) is 2. The summed E-state index contributed by atoms with van der Waals surface area (Å²) < 4.78 is 55.8. The van der Waals surface area contributed by atoms with Gasteiger partial charge >= 0.3 is 12.1 Å². The number of ether oxygens (including phenoxy) is 1. The molecule has 22 heavy (non-hydrogen) atoms. The molecule has 0 fully saturated rings. The number of carbonyl (C=O) groups excluding carboxylic acids is 1. The number of rotatable bonds is 3. The van der Waals surface area contributed by atoms with Crippen LogP contribution in [-0.2, 0) is 10.9 Å². The van der Waals surface area contributed by atoms with Crippen molar-refractivity contribution in [3.8, 4) is 0 Å². The summed E-state index contributed by atoms with van der Waals surface area (Å²) in [5.74, 6) is -1.47. The molecule has 116 valence electrons. The third-order valence-corrected chi connectivity index (χ3v) is 2.73. The van der Waals surface area contributed by atoms with Crippen LogP contribution in [0.5, 0.6) is 0 Å². The Labute approximate surface area is 122 Å². The molecule has 1 aromatic carbocycles. The summed E-state index contributed by atoms with van der Waals surface area (Å²) in [6, 6.07) is 5.17. The molecule has 1 heterocycles. The quantitative estimate of drug-likeness (QED) is 0.495. The minimum atomic E-state index is -4.42. The Balaban J connectivity index is 2.24. The molecule has 0 bridgehead atoms. The van der Waals surface area contributed by atoms with Gasteiger partial charge in [0.25, 0.3) is 0 Å². The number of hydrogen-bond acceptors (Lipinski definition) is 3. The Morgan fingerprint density at radius 2 is 1.91 bits per heavy atom. The molecule has 8 heteroatoms. The molecule has 2 aromatic rings. The van der Waals surface area contributed by atoms with E-state index in [0.717, 1.165) is 36.2 Å². The number of benzene rings is 1. The van der Waals surface area contributed by atoms with E-state index in [2.05, 4.69) is 9.84 Å². The number of alkyl halides is 3. The van der Waals surface area contributed by atoms with Crippen molar-refractivity contribution in [2.45, 2.75) is 6.18 Å². The summed E-state index contributed by atoms with van der Waals surface area (Å²) in [5, 5.41) is 3.83. The lowest BCUT2D eigenvalue weighted by molar-refractivity contribution is -0.137. The monoisotopic (exact) mass is 314 g/mol. The fourth-order valence-corrected chi connectivity index (χ4v) is 1.66. The van der Waals surface area contributed by atoms with E-state index in [4.69, 9.17) is 0 Å². The van der Waals surface area contributed by atoms with Gasteiger partial charge in [-0.2, -0.15) is 18.3 Å². The minimum Gasteiger partial charge on any atom is -0.464 e. The van der Waals surface area contributed by atoms with E-state index in [1.54, 1.807) is 0 Å². The van der Waals surface area contributed by atoms with Crippen LogP contribution in [0.2, 0.25) is 0 Å². The predicted octanol–water partition coefficient (Wildman–Crippen LogP) is 3.31. The van der Waals surface area contributed by atoms with Gasteiger partial charge in [0.1, 0.15) is 5.82 Å². The summed E-state index contributed by atoms with van der Waals surface area (Å²) in [5.41, 5.74) is -0.562. The zero-order valence-corrected chi connectivity index (χ0v) is 11.3. The topological polar surface area (TPSA) is 43.6 Å². The van der Waals surface area contributed by atoms with Crippen LogP contribution in [0.15, 0.2) is 41.6 Å². The Morgan fingerprint density at radius 1 is 1.27 bits per heavy atom. The highest BCUT2D eigenvalue weighted by molar-refractivity contribution is 5.88. The molecule has 0 saturated carbocycles. The van der Waals surface area contributed by atoms with E-state index < -0.39 is 23.5 Å². The number of hydrogen-bond donors (Lipinski definition) is 0. The third-order valence-electron chi connectivity index (χ3n) is 2.73. The van der Waals surface area contributed by atoms with E-state index in [1.807, 2.05) is 0 Å². The highest BCUT2D eigenvalue weighted by Gasteiger charge is 2.29. The van der Waals surface area contributed by atoms with E-state index in [0.29, 0.717) is 5.56 Å². The SMILES string of the molecule is COC(=O)c1cc(F)cn1N=Cc1ccc(C(F)(F)F)cc1. The molecule has 0 spiro atoms. The van der Waals surface area contributed by atoms with Crippen molar-refractivity contribution in [1.82, 2.24) is 4.68 Å². The molecule has 0 saturated heterocycles. The minimum absolute atomic E-state index is 0.136. The van der Waals surface area contributed by atoms with Gasteiger partial charge in [-0.1, -0.05) is 12.1 Å². The summed E-state index contributed by atoms with van der Waals surface area (Å²) >= 11 is 0. The number of aromatic nitrogens is 1. The number of esters is 1. The van der Waals surface area contributed by atoms with E-state index in [1.165, 1.54) is 18.3 Å². The number of methoxy groups -OCH3 is 1. The smallest absolute Gasteiger partial charge is 0.416 e. The average molecular weight is 314 g/mol. The maximum Gasteiger partial charge on any atom is 0.416 e. The fraction of sp³-hybridized carbons (Fsp3) is 0.143. The average Bonchev–Trinajstić information content (AvgIpc) is 2.85. The molecule has 0 aliphatic carbocycles. The molecule has 1 aromatic heterocycles. The van der Waals surface area contributed by atoms with E-state index in [-0.39, 0.29) is 5.69 Å². The van der Waals surface area contributed by atoms with E-state index in [9.17, 15) is 22.4 Å². The van der Waals surface area contributed by atoms with Crippen LogP contribution < -0.4 is 0 Å². The highest BCUT2D eigenvalue weighted by atomic mass is 19.4. The molecule has 0 unspecified atom stereocenters. The first-order chi connectivity index (χ1) is 10.3. The summed E-state index contributed by atoms with van der Waals surface area (Å²) in [7, 11) is 1.14. The number of carbonyl (C=O) groups is 1. The second-order valence-electron chi connectivity index (χ2n) is 4.24. The Morgan fingerprint density at radius 3 is 2.45 bits per heavy atom. The Kier molecular flexibility index (Phi) is 4.30. The van der Waals surface area contributed by atoms with Gasteiger partial charge in [-0.15, -0.1) is 0 Å². The van der Waals surface area contributed by atoms with Crippen molar-refractivity contribution in [3.05, 3.63) is 59.2 Å². The predicted molar refractivity (Wildman–Crippen MR) is 70.2 cm³/mol. The molecule has 0 aliphatic rings. The van der Waals surface area contributed by atoms with Gasteiger partial charge in [0.05, 0.1) is 25.1 Å². The van der Waals surface area contributed by atoms with Crippen LogP contribution in [0.25, 0.3) is 0 Å². The van der Waals surface area contributed by atoms with Crippen LogP contribution in [0, 0.1) is 5.82 Å². The van der Waals surface area contributed by atoms with Gasteiger partial charge in [-0.05, 0) is 17.7 Å². The van der Waals surface area contributed by atoms with Gasteiger partial charge < -0.3 is 4.74 Å². The first kappa shape index (κ1) is 15.7. The van der Waals surface area contributed by atoms with Gasteiger partial charge in [-0.25, -0.2) is 13.9 Å². The largest absolute Gasteiger partial charge is 0.464 e. The number of halogens is 4. The van der Waals surface area contributed by atoms with Crippen LogP contribution in [-0.4, -0.2) is 24.0 Å². The van der Waals surface area contributed by atoms with Crippen molar-refractivity contribution in [1.29, 1.82) is 0 Å². The normalized spacial score (nSPS) is 11.9. The zero-order valence-electron chi connectivity index (χ0n) is 11.3. The zero-order chi connectivity index (χ0) is 16.3. The molecule has 2 rings (SSSR count). The van der Waals surface area contributed by atoms with Crippen LogP contribution >= 0.6 is 0 Å². The second kappa shape index (κ2) is 6.00. The van der Waals surface area contributed by atoms with Crippen molar-refractivity contribution in [2.75, 3.05) is 7.11 Å². The van der Waals surface area contributed by atoms with Crippen LogP contribution in [0.1, 0.15) is 21.6 Å². The maximum atomic E-state index is 13.2. The molecule has 0 aliphatic heterocycles. The van der Waals surface area contributed by atoms with Crippen LogP contribution in [0.3, 0.4) is 0 Å². The van der Waals surface area contributed by atoms with Crippen molar-refractivity contribution < 1.29 is 27.1 Å². The third kappa shape index (κ3) is 3.51. The summed E-state index contributed by atoms with van der Waals surface area (Å²) in [4.78, 5) is 11.4.